The molecular formula is C6H4Cl2O4S. The van der Waals surface area contributed by atoms with Gasteiger partial charge in [0.1, 0.15) is 10.6 Å². The smallest absolute Gasteiger partial charge is 0.314 e. The minimum absolute atomic E-state index is 0.140. The van der Waals surface area contributed by atoms with E-state index >= 15 is 0 Å². The van der Waals surface area contributed by atoms with Crippen LogP contribution in [0.5, 0.6) is 5.75 Å². The van der Waals surface area contributed by atoms with Crippen molar-refractivity contribution in [3.8, 4) is 5.75 Å². The highest BCUT2D eigenvalue weighted by Gasteiger charge is 2.18. The van der Waals surface area contributed by atoms with Crippen LogP contribution in [0, 0.1) is 0 Å². The van der Waals surface area contributed by atoms with Crippen molar-refractivity contribution in [1.82, 2.24) is 0 Å². The Morgan fingerprint density at radius 2 is 2.00 bits per heavy atom. The second-order valence-electron chi connectivity index (χ2n) is 2.13. The van der Waals surface area contributed by atoms with Gasteiger partial charge in [0.25, 0.3) is 0 Å². The first-order valence-electron chi connectivity index (χ1n) is 3.01. The van der Waals surface area contributed by atoms with E-state index in [0.717, 1.165) is 18.2 Å². The molecule has 0 atom stereocenters. The summed E-state index contributed by atoms with van der Waals surface area (Å²) in [7, 11) is -4.02. The van der Waals surface area contributed by atoms with Crippen LogP contribution in [0.2, 0.25) is 5.02 Å². The fraction of sp³-hybridized carbons (Fsp3) is 0. The Morgan fingerprint density at radius 1 is 1.38 bits per heavy atom. The Morgan fingerprint density at radius 3 is 2.46 bits per heavy atom. The zero-order valence-electron chi connectivity index (χ0n) is 6.07. The number of halogens is 2. The van der Waals surface area contributed by atoms with Crippen molar-refractivity contribution in [1.29, 1.82) is 0 Å². The first-order chi connectivity index (χ1) is 5.97. The summed E-state index contributed by atoms with van der Waals surface area (Å²) in [6, 6.07) is 3.33. The molecule has 0 aliphatic rings. The molecule has 0 aromatic heterocycles. The van der Waals surface area contributed by atoms with Crippen molar-refractivity contribution in [2.45, 2.75) is 4.90 Å². The van der Waals surface area contributed by atoms with Crippen LogP contribution in [0.15, 0.2) is 23.1 Å². The monoisotopic (exact) mass is 242 g/mol. The number of aromatic hydroxyl groups is 1. The predicted molar refractivity (Wildman–Crippen MR) is 47.2 cm³/mol. The van der Waals surface area contributed by atoms with E-state index in [-0.39, 0.29) is 15.7 Å². The van der Waals surface area contributed by atoms with E-state index in [1.165, 1.54) is 0 Å². The molecule has 0 saturated carbocycles. The zero-order chi connectivity index (χ0) is 10.1. The summed E-state index contributed by atoms with van der Waals surface area (Å²) in [5.41, 5.74) is 0. The lowest BCUT2D eigenvalue weighted by atomic mass is 10.3. The number of hydrogen-bond donors (Lipinski definition) is 1. The van der Waals surface area contributed by atoms with E-state index in [0.29, 0.717) is 0 Å². The van der Waals surface area contributed by atoms with Crippen molar-refractivity contribution < 1.29 is 17.3 Å². The second kappa shape index (κ2) is 3.71. The van der Waals surface area contributed by atoms with Gasteiger partial charge in [-0.05, 0) is 18.2 Å². The van der Waals surface area contributed by atoms with Crippen LogP contribution >= 0.6 is 23.5 Å². The molecule has 0 amide bonds. The third-order valence-electron chi connectivity index (χ3n) is 1.27. The van der Waals surface area contributed by atoms with E-state index in [9.17, 15) is 8.42 Å². The highest BCUT2D eigenvalue weighted by atomic mass is 35.5. The summed E-state index contributed by atoms with van der Waals surface area (Å²) in [6.45, 7) is 0. The fourth-order valence-electron chi connectivity index (χ4n) is 0.726. The zero-order valence-corrected chi connectivity index (χ0v) is 8.40. The first kappa shape index (κ1) is 10.6. The first-order valence-corrected chi connectivity index (χ1v) is 5.10. The Kier molecular flexibility index (Phi) is 3.02. The molecule has 0 unspecified atom stereocenters. The normalized spacial score (nSPS) is 11.5. The predicted octanol–water partition coefficient (Wildman–Crippen LogP) is 1.90. The van der Waals surface area contributed by atoms with Crippen LogP contribution in [0.4, 0.5) is 0 Å². The number of hydrogen-bond acceptors (Lipinski definition) is 4. The van der Waals surface area contributed by atoms with Gasteiger partial charge in [-0.1, -0.05) is 11.6 Å². The number of rotatable bonds is 2. The van der Waals surface area contributed by atoms with Gasteiger partial charge in [-0.3, -0.25) is 0 Å². The maximum Gasteiger partial charge on any atom is 0.314 e. The molecule has 1 aromatic carbocycles. The molecule has 0 bridgehead atoms. The maximum absolute atomic E-state index is 11.0. The van der Waals surface area contributed by atoms with E-state index in [2.05, 4.69) is 3.74 Å². The standard InChI is InChI=1S/C6H4Cl2O4S/c7-5-3-4(9)1-2-6(5)13(10,11)12-8/h1-3,9H. The Bertz CT molecular complexity index is 415. The summed E-state index contributed by atoms with van der Waals surface area (Å²) in [5.74, 6) is -0.140. The Hall–Kier alpha value is -0.490. The molecule has 1 N–H and O–H groups in total. The molecule has 72 valence electrons. The van der Waals surface area contributed by atoms with E-state index in [1.54, 1.807) is 0 Å². The third kappa shape index (κ3) is 2.25. The van der Waals surface area contributed by atoms with Gasteiger partial charge in [0.15, 0.2) is 0 Å². The molecule has 0 heterocycles. The molecule has 0 radical (unpaired) electrons. The third-order valence-corrected chi connectivity index (χ3v) is 3.25. The summed E-state index contributed by atoms with van der Waals surface area (Å²) < 4.78 is 25.7. The number of phenolic OH excluding ortho intramolecular Hbond substituents is 1. The van der Waals surface area contributed by atoms with Crippen molar-refractivity contribution in [3.05, 3.63) is 23.2 Å². The maximum atomic E-state index is 11.0. The molecule has 0 spiro atoms. The number of benzene rings is 1. The van der Waals surface area contributed by atoms with Gasteiger partial charge in [-0.25, -0.2) is 0 Å². The van der Waals surface area contributed by atoms with Crippen LogP contribution < -0.4 is 0 Å². The lowest BCUT2D eigenvalue weighted by Gasteiger charge is -2.01. The van der Waals surface area contributed by atoms with Gasteiger partial charge < -0.3 is 5.11 Å². The molecule has 4 nitrogen and oxygen atoms in total. The van der Waals surface area contributed by atoms with Gasteiger partial charge >= 0.3 is 10.1 Å². The summed E-state index contributed by atoms with van der Waals surface area (Å²) in [6.07, 6.45) is 0. The van der Waals surface area contributed by atoms with E-state index < -0.39 is 10.1 Å². The molecular weight excluding hydrogens is 239 g/mol. The average Bonchev–Trinajstić information content (AvgIpc) is 2.03. The molecule has 0 aliphatic carbocycles. The van der Waals surface area contributed by atoms with E-state index in [4.69, 9.17) is 28.6 Å². The van der Waals surface area contributed by atoms with E-state index in [1.807, 2.05) is 0 Å². The molecule has 1 rings (SSSR count). The van der Waals surface area contributed by atoms with Crippen molar-refractivity contribution in [2.75, 3.05) is 0 Å². The van der Waals surface area contributed by atoms with Gasteiger partial charge in [-0.2, -0.15) is 12.2 Å². The van der Waals surface area contributed by atoms with Gasteiger partial charge in [0.2, 0.25) is 0 Å². The quantitative estimate of drug-likeness (QED) is 0.861. The molecule has 0 saturated heterocycles. The highest BCUT2D eigenvalue weighted by molar-refractivity contribution is 7.87. The average molecular weight is 243 g/mol. The summed E-state index contributed by atoms with van der Waals surface area (Å²) >= 11 is 10.2. The van der Waals surface area contributed by atoms with Crippen molar-refractivity contribution >= 4 is 33.6 Å². The molecule has 1 aromatic rings. The molecule has 0 aliphatic heterocycles. The molecule has 13 heavy (non-hydrogen) atoms. The van der Waals surface area contributed by atoms with Crippen LogP contribution in [-0.4, -0.2) is 13.5 Å². The van der Waals surface area contributed by atoms with Crippen LogP contribution in [0.3, 0.4) is 0 Å². The fourth-order valence-corrected chi connectivity index (χ4v) is 1.99. The number of phenols is 1. The van der Waals surface area contributed by atoms with Crippen LogP contribution in [0.1, 0.15) is 0 Å². The minimum Gasteiger partial charge on any atom is -0.508 e. The van der Waals surface area contributed by atoms with Crippen molar-refractivity contribution in [3.63, 3.8) is 0 Å². The topological polar surface area (TPSA) is 63.6 Å². The Balaban J connectivity index is 3.33. The van der Waals surface area contributed by atoms with Crippen LogP contribution in [-0.2, 0) is 13.9 Å². The Labute approximate surface area is 85.0 Å². The van der Waals surface area contributed by atoms with Gasteiger partial charge in [0.05, 0.1) is 16.9 Å². The SMILES string of the molecule is O=S(=O)(OCl)c1ccc(O)cc1Cl. The highest BCUT2D eigenvalue weighted by Crippen LogP contribution is 2.27. The summed E-state index contributed by atoms with van der Waals surface area (Å²) in [5, 5.41) is 8.77. The van der Waals surface area contributed by atoms with Gasteiger partial charge in [-0.15, -0.1) is 0 Å². The minimum atomic E-state index is -4.02. The lowest BCUT2D eigenvalue weighted by Crippen LogP contribution is -2.00. The second-order valence-corrected chi connectivity index (χ2v) is 4.39. The molecule has 7 heteroatoms. The van der Waals surface area contributed by atoms with Crippen LogP contribution in [0.25, 0.3) is 0 Å². The van der Waals surface area contributed by atoms with Crippen molar-refractivity contribution in [2.24, 2.45) is 0 Å². The lowest BCUT2D eigenvalue weighted by molar-refractivity contribution is 0.474. The summed E-state index contributed by atoms with van der Waals surface area (Å²) in [4.78, 5) is -0.290. The molecule has 0 fully saturated rings. The largest absolute Gasteiger partial charge is 0.508 e. The van der Waals surface area contributed by atoms with Gasteiger partial charge in [0, 0.05) is 0 Å².